The Balaban J connectivity index is 1.44. The summed E-state index contributed by atoms with van der Waals surface area (Å²) in [5, 5.41) is 0. The maximum atomic E-state index is 14.1. The van der Waals surface area contributed by atoms with Crippen LogP contribution >= 0.6 is 0 Å². The number of amidine groups is 1. The fourth-order valence-corrected chi connectivity index (χ4v) is 5.15. The highest BCUT2D eigenvalue weighted by molar-refractivity contribution is 5.83. The van der Waals surface area contributed by atoms with Crippen molar-refractivity contribution in [1.82, 2.24) is 9.80 Å². The molecule has 2 N–H and O–H groups in total. The second-order valence-corrected chi connectivity index (χ2v) is 9.28. The van der Waals surface area contributed by atoms with Crippen LogP contribution in [0.15, 0.2) is 23.2 Å². The molecule has 3 aliphatic heterocycles. The van der Waals surface area contributed by atoms with E-state index in [1.165, 1.54) is 6.07 Å². The van der Waals surface area contributed by atoms with Gasteiger partial charge in [0.05, 0.1) is 24.5 Å². The zero-order valence-electron chi connectivity index (χ0n) is 17.0. The molecule has 0 saturated carbocycles. The lowest BCUT2D eigenvalue weighted by molar-refractivity contribution is -0.0483. The molecule has 4 unspecified atom stereocenters. The number of ether oxygens (including phenoxy) is 1. The van der Waals surface area contributed by atoms with Gasteiger partial charge in [-0.25, -0.2) is 8.78 Å². The molecule has 0 bridgehead atoms. The Morgan fingerprint density at radius 2 is 1.96 bits per heavy atom. The van der Waals surface area contributed by atoms with Gasteiger partial charge < -0.3 is 15.4 Å². The first-order valence-corrected chi connectivity index (χ1v) is 10.0. The molecule has 0 amide bonds. The molecule has 28 heavy (non-hydrogen) atoms. The molecule has 2 fully saturated rings. The predicted molar refractivity (Wildman–Crippen MR) is 105 cm³/mol. The lowest BCUT2D eigenvalue weighted by atomic mass is 9.93. The number of nitrogens with zero attached hydrogens (tertiary/aromatic N) is 3. The summed E-state index contributed by atoms with van der Waals surface area (Å²) in [4.78, 5) is 9.71. The molecule has 7 heteroatoms. The SMILES string of the molecule is CC1=NC2CN(C3CO[C@H](c4cc(F)ccc4F)C(N)C3)CC2N1C(C)(C)C. The van der Waals surface area contributed by atoms with Crippen LogP contribution in [-0.2, 0) is 4.74 Å². The van der Waals surface area contributed by atoms with Crippen LogP contribution in [0, 0.1) is 11.6 Å². The molecular formula is C21H30F2N4O. The summed E-state index contributed by atoms with van der Waals surface area (Å²) in [6.45, 7) is 11.0. The van der Waals surface area contributed by atoms with Crippen LogP contribution in [0.5, 0.6) is 0 Å². The van der Waals surface area contributed by atoms with E-state index < -0.39 is 17.7 Å². The third-order valence-corrected chi connectivity index (χ3v) is 6.23. The number of halogens is 2. The number of hydrogen-bond donors (Lipinski definition) is 1. The van der Waals surface area contributed by atoms with Gasteiger partial charge in [0.1, 0.15) is 17.7 Å². The van der Waals surface area contributed by atoms with Crippen LogP contribution in [0.3, 0.4) is 0 Å². The molecule has 5 nitrogen and oxygen atoms in total. The lowest BCUT2D eigenvalue weighted by Crippen LogP contribution is -2.52. The van der Waals surface area contributed by atoms with E-state index in [0.717, 1.165) is 31.1 Å². The van der Waals surface area contributed by atoms with Gasteiger partial charge in [0.25, 0.3) is 0 Å². The normalized spacial score (nSPS) is 33.9. The number of rotatable bonds is 2. The fraction of sp³-hybridized carbons (Fsp3) is 0.667. The van der Waals surface area contributed by atoms with Crippen molar-refractivity contribution in [2.75, 3.05) is 19.7 Å². The van der Waals surface area contributed by atoms with Crippen molar-refractivity contribution in [2.45, 2.75) is 69.9 Å². The zero-order valence-corrected chi connectivity index (χ0v) is 17.0. The van der Waals surface area contributed by atoms with Crippen LogP contribution in [0.25, 0.3) is 0 Å². The van der Waals surface area contributed by atoms with Crippen LogP contribution in [0.1, 0.15) is 45.8 Å². The fourth-order valence-electron chi connectivity index (χ4n) is 5.15. The summed E-state index contributed by atoms with van der Waals surface area (Å²) in [6, 6.07) is 3.88. The monoisotopic (exact) mass is 392 g/mol. The number of benzene rings is 1. The van der Waals surface area contributed by atoms with Crippen molar-refractivity contribution in [3.63, 3.8) is 0 Å². The topological polar surface area (TPSA) is 54.1 Å². The standard InChI is InChI=1S/C21H30F2N4O/c1-12-25-18-9-26(10-19(18)27(12)21(2,3)4)14-8-17(24)20(28-11-14)15-7-13(22)5-6-16(15)23/h5-7,14,17-20H,8-11,24H2,1-4H3/t14?,17?,18?,19?,20-/m1/s1. The Morgan fingerprint density at radius 3 is 2.64 bits per heavy atom. The Kier molecular flexibility index (Phi) is 4.96. The molecule has 3 aliphatic rings. The summed E-state index contributed by atoms with van der Waals surface area (Å²) in [6.07, 6.45) is 0.0820. The Bertz CT molecular complexity index is 778. The first-order chi connectivity index (χ1) is 13.1. The Labute approximate surface area is 165 Å². The van der Waals surface area contributed by atoms with E-state index in [0.29, 0.717) is 19.1 Å². The zero-order chi connectivity index (χ0) is 20.2. The minimum absolute atomic E-state index is 0.0302. The van der Waals surface area contributed by atoms with Gasteiger partial charge >= 0.3 is 0 Å². The molecule has 154 valence electrons. The van der Waals surface area contributed by atoms with Crippen molar-refractivity contribution < 1.29 is 13.5 Å². The van der Waals surface area contributed by atoms with Crippen molar-refractivity contribution in [2.24, 2.45) is 10.7 Å². The highest BCUT2D eigenvalue weighted by Gasteiger charge is 2.47. The second-order valence-electron chi connectivity index (χ2n) is 9.28. The number of likely N-dealkylation sites (tertiary alicyclic amines) is 1. The number of aliphatic imine (C=N–C) groups is 1. The van der Waals surface area contributed by atoms with E-state index in [1.54, 1.807) is 0 Å². The quantitative estimate of drug-likeness (QED) is 0.841. The summed E-state index contributed by atoms with van der Waals surface area (Å²) < 4.78 is 33.7. The lowest BCUT2D eigenvalue weighted by Gasteiger charge is -2.41. The molecule has 3 heterocycles. The van der Waals surface area contributed by atoms with Crippen LogP contribution in [0.4, 0.5) is 8.78 Å². The van der Waals surface area contributed by atoms with Gasteiger partial charge in [0, 0.05) is 36.3 Å². The van der Waals surface area contributed by atoms with E-state index in [4.69, 9.17) is 15.5 Å². The summed E-state index contributed by atoms with van der Waals surface area (Å²) in [5.74, 6) is 0.166. The first kappa shape index (κ1) is 19.7. The molecule has 4 rings (SSSR count). The smallest absolute Gasteiger partial charge is 0.129 e. The van der Waals surface area contributed by atoms with Crippen LogP contribution in [-0.4, -0.2) is 65.0 Å². The average Bonchev–Trinajstić information content (AvgIpc) is 3.12. The molecule has 0 radical (unpaired) electrons. The first-order valence-electron chi connectivity index (χ1n) is 10.0. The van der Waals surface area contributed by atoms with Crippen molar-refractivity contribution >= 4 is 5.84 Å². The average molecular weight is 392 g/mol. The molecule has 1 aromatic carbocycles. The third-order valence-electron chi connectivity index (χ3n) is 6.23. The summed E-state index contributed by atoms with van der Waals surface area (Å²) in [7, 11) is 0. The molecule has 1 aromatic rings. The highest BCUT2D eigenvalue weighted by atomic mass is 19.1. The maximum absolute atomic E-state index is 14.1. The van der Waals surface area contributed by atoms with Crippen molar-refractivity contribution in [1.29, 1.82) is 0 Å². The summed E-state index contributed by atoms with van der Waals surface area (Å²) in [5.41, 5.74) is 6.59. The van der Waals surface area contributed by atoms with Gasteiger partial charge in [0.2, 0.25) is 0 Å². The van der Waals surface area contributed by atoms with Crippen molar-refractivity contribution in [3.8, 4) is 0 Å². The minimum atomic E-state index is -0.611. The minimum Gasteiger partial charge on any atom is -0.370 e. The number of hydrogen-bond acceptors (Lipinski definition) is 5. The van der Waals surface area contributed by atoms with Gasteiger partial charge in [-0.3, -0.25) is 9.89 Å². The molecule has 0 spiro atoms. The molecular weight excluding hydrogens is 362 g/mol. The van der Waals surface area contributed by atoms with Crippen LogP contribution in [0.2, 0.25) is 0 Å². The maximum Gasteiger partial charge on any atom is 0.129 e. The van der Waals surface area contributed by atoms with Crippen LogP contribution < -0.4 is 5.73 Å². The van der Waals surface area contributed by atoms with Gasteiger partial charge in [-0.05, 0) is 52.3 Å². The van der Waals surface area contributed by atoms with Gasteiger partial charge in [-0.1, -0.05) is 0 Å². The summed E-state index contributed by atoms with van der Waals surface area (Å²) >= 11 is 0. The Hall–Kier alpha value is -1.57. The van der Waals surface area contributed by atoms with Gasteiger partial charge in [0.15, 0.2) is 0 Å². The predicted octanol–water partition coefficient (Wildman–Crippen LogP) is 2.71. The Morgan fingerprint density at radius 1 is 1.21 bits per heavy atom. The highest BCUT2D eigenvalue weighted by Crippen LogP contribution is 2.36. The van der Waals surface area contributed by atoms with E-state index in [1.807, 2.05) is 0 Å². The van der Waals surface area contributed by atoms with E-state index >= 15 is 0 Å². The van der Waals surface area contributed by atoms with Crippen molar-refractivity contribution in [3.05, 3.63) is 35.4 Å². The van der Waals surface area contributed by atoms with Gasteiger partial charge in [-0.2, -0.15) is 0 Å². The largest absolute Gasteiger partial charge is 0.370 e. The number of fused-ring (bicyclic) bond motifs is 1. The molecule has 5 atom stereocenters. The van der Waals surface area contributed by atoms with E-state index in [9.17, 15) is 8.78 Å². The second kappa shape index (κ2) is 7.04. The van der Waals surface area contributed by atoms with Gasteiger partial charge in [-0.15, -0.1) is 0 Å². The van der Waals surface area contributed by atoms with E-state index in [-0.39, 0.29) is 29.2 Å². The number of nitrogens with two attached hydrogens (primary N) is 1. The molecule has 0 aromatic heterocycles. The molecule has 2 saturated heterocycles. The van der Waals surface area contributed by atoms with E-state index in [2.05, 4.69) is 37.5 Å². The third kappa shape index (κ3) is 3.44. The molecule has 0 aliphatic carbocycles.